The molecular formula is C20H22BrNO2. The molecule has 0 aliphatic carbocycles. The van der Waals surface area contributed by atoms with Crippen molar-refractivity contribution in [3.63, 3.8) is 0 Å². The number of carbonyl (C=O) groups excluding carboxylic acids is 2. The highest BCUT2D eigenvalue weighted by Gasteiger charge is 2.14. The van der Waals surface area contributed by atoms with Crippen molar-refractivity contribution in [1.82, 2.24) is 5.32 Å². The Morgan fingerprint density at radius 2 is 1.62 bits per heavy atom. The first-order chi connectivity index (χ1) is 11.5. The summed E-state index contributed by atoms with van der Waals surface area (Å²) in [5.41, 5.74) is 2.92. The Balaban J connectivity index is 1.88. The Kier molecular flexibility index (Phi) is 6.73. The van der Waals surface area contributed by atoms with Crippen LogP contribution in [0.3, 0.4) is 0 Å². The minimum Gasteiger partial charge on any atom is -0.349 e. The van der Waals surface area contributed by atoms with Crippen LogP contribution in [0.4, 0.5) is 0 Å². The van der Waals surface area contributed by atoms with Gasteiger partial charge in [0.25, 0.3) is 0 Å². The highest BCUT2D eigenvalue weighted by Crippen LogP contribution is 2.18. The van der Waals surface area contributed by atoms with Crippen LogP contribution in [-0.2, 0) is 4.79 Å². The first-order valence-electron chi connectivity index (χ1n) is 8.14. The molecule has 0 aliphatic heterocycles. The fraction of sp³-hybridized carbons (Fsp3) is 0.300. The van der Waals surface area contributed by atoms with Gasteiger partial charge in [0, 0.05) is 22.9 Å². The second-order valence-electron chi connectivity index (χ2n) is 5.87. The third-order valence-corrected chi connectivity index (χ3v) is 4.50. The number of amides is 1. The highest BCUT2D eigenvalue weighted by molar-refractivity contribution is 9.10. The van der Waals surface area contributed by atoms with Crippen molar-refractivity contribution in [2.45, 2.75) is 39.2 Å². The summed E-state index contributed by atoms with van der Waals surface area (Å²) in [4.78, 5) is 24.3. The maximum absolute atomic E-state index is 12.2. The quantitative estimate of drug-likeness (QED) is 0.680. The number of hydrogen-bond donors (Lipinski definition) is 1. The average molecular weight is 388 g/mol. The molecule has 4 heteroatoms. The summed E-state index contributed by atoms with van der Waals surface area (Å²) in [5.74, 6) is -0.103. The van der Waals surface area contributed by atoms with Gasteiger partial charge < -0.3 is 5.32 Å². The Hall–Kier alpha value is -1.94. The van der Waals surface area contributed by atoms with Gasteiger partial charge in [0.1, 0.15) is 0 Å². The molecule has 0 bridgehead atoms. The predicted molar refractivity (Wildman–Crippen MR) is 100 cm³/mol. The van der Waals surface area contributed by atoms with Gasteiger partial charge in [0.15, 0.2) is 5.78 Å². The molecule has 2 aromatic carbocycles. The molecule has 1 amide bonds. The zero-order chi connectivity index (χ0) is 17.5. The molecule has 24 heavy (non-hydrogen) atoms. The van der Waals surface area contributed by atoms with Gasteiger partial charge >= 0.3 is 0 Å². The lowest BCUT2D eigenvalue weighted by Crippen LogP contribution is -2.28. The van der Waals surface area contributed by atoms with Gasteiger partial charge in [-0.15, -0.1) is 0 Å². The number of rotatable bonds is 7. The molecule has 1 atom stereocenters. The number of aryl methyl sites for hydroxylation is 1. The molecule has 2 aromatic rings. The summed E-state index contributed by atoms with van der Waals surface area (Å²) in [7, 11) is 0. The van der Waals surface area contributed by atoms with Crippen LogP contribution in [-0.4, -0.2) is 11.7 Å². The Labute approximate surface area is 151 Å². The van der Waals surface area contributed by atoms with Crippen LogP contribution in [0.2, 0.25) is 0 Å². The van der Waals surface area contributed by atoms with Gasteiger partial charge in [-0.05, 0) is 31.0 Å². The van der Waals surface area contributed by atoms with Crippen LogP contribution in [0, 0.1) is 6.92 Å². The fourth-order valence-corrected chi connectivity index (χ4v) is 2.76. The van der Waals surface area contributed by atoms with Gasteiger partial charge in [-0.1, -0.05) is 64.8 Å². The first kappa shape index (κ1) is 18.4. The molecule has 0 radical (unpaired) electrons. The number of ketones is 1. The zero-order valence-corrected chi connectivity index (χ0v) is 15.6. The number of nitrogens with one attached hydrogen (secondary N) is 1. The van der Waals surface area contributed by atoms with Gasteiger partial charge in [-0.2, -0.15) is 0 Å². The summed E-state index contributed by atoms with van der Waals surface area (Å²) in [6.45, 7) is 4.08. The molecular weight excluding hydrogens is 366 g/mol. The van der Waals surface area contributed by atoms with E-state index in [1.165, 1.54) is 5.56 Å². The average Bonchev–Trinajstić information content (AvgIpc) is 2.59. The van der Waals surface area contributed by atoms with E-state index in [9.17, 15) is 9.59 Å². The maximum atomic E-state index is 12.2. The molecule has 0 heterocycles. The van der Waals surface area contributed by atoms with Crippen LogP contribution < -0.4 is 5.32 Å². The van der Waals surface area contributed by atoms with Crippen molar-refractivity contribution < 1.29 is 9.59 Å². The molecule has 0 spiro atoms. The molecule has 3 nitrogen and oxygen atoms in total. The van der Waals surface area contributed by atoms with E-state index in [4.69, 9.17) is 0 Å². The maximum Gasteiger partial charge on any atom is 0.220 e. The normalized spacial score (nSPS) is 11.8. The Morgan fingerprint density at radius 1 is 1.00 bits per heavy atom. The lowest BCUT2D eigenvalue weighted by molar-refractivity contribution is -0.121. The lowest BCUT2D eigenvalue weighted by Gasteiger charge is -2.17. The van der Waals surface area contributed by atoms with Gasteiger partial charge in [0.05, 0.1) is 6.04 Å². The van der Waals surface area contributed by atoms with Crippen molar-refractivity contribution >= 4 is 27.6 Å². The number of Topliss-reactive ketones (excluding diaryl/α,β-unsaturated/α-hetero) is 1. The van der Waals surface area contributed by atoms with Gasteiger partial charge in [-0.3, -0.25) is 9.59 Å². The molecule has 126 valence electrons. The van der Waals surface area contributed by atoms with E-state index in [-0.39, 0.29) is 30.6 Å². The number of hydrogen-bond acceptors (Lipinski definition) is 2. The number of benzene rings is 2. The molecule has 0 fully saturated rings. The zero-order valence-electron chi connectivity index (χ0n) is 14.0. The molecule has 0 saturated heterocycles. The van der Waals surface area contributed by atoms with Crippen LogP contribution in [0.15, 0.2) is 53.0 Å². The summed E-state index contributed by atoms with van der Waals surface area (Å²) < 4.78 is 0.931. The van der Waals surface area contributed by atoms with Crippen molar-refractivity contribution in [3.05, 3.63) is 69.7 Å². The van der Waals surface area contributed by atoms with Crippen LogP contribution in [0.25, 0.3) is 0 Å². The molecule has 0 saturated carbocycles. The summed E-state index contributed by atoms with van der Waals surface area (Å²) in [6, 6.07) is 15.4. The lowest BCUT2D eigenvalue weighted by atomic mass is 10.0. The van der Waals surface area contributed by atoms with E-state index in [1.807, 2.05) is 50.2 Å². The van der Waals surface area contributed by atoms with E-state index in [0.29, 0.717) is 5.56 Å². The standard InChI is InChI=1S/C20H22BrNO2/c1-3-18(15-6-4-14(2)5-7-15)22-20(24)13-12-19(23)16-8-10-17(21)11-9-16/h4-11,18H,3,12-13H2,1-2H3,(H,22,24). The van der Waals surface area contributed by atoms with Crippen molar-refractivity contribution in [3.8, 4) is 0 Å². The summed E-state index contributed by atoms with van der Waals surface area (Å²) >= 11 is 3.34. The Morgan fingerprint density at radius 3 is 2.21 bits per heavy atom. The minimum atomic E-state index is -0.0899. The van der Waals surface area contributed by atoms with E-state index in [2.05, 4.69) is 21.2 Å². The second-order valence-corrected chi connectivity index (χ2v) is 6.78. The van der Waals surface area contributed by atoms with E-state index < -0.39 is 0 Å². The molecule has 1 unspecified atom stereocenters. The first-order valence-corrected chi connectivity index (χ1v) is 8.93. The SMILES string of the molecule is CCC(NC(=O)CCC(=O)c1ccc(Br)cc1)c1ccc(C)cc1. The number of halogens is 1. The molecule has 1 N–H and O–H groups in total. The fourth-order valence-electron chi connectivity index (χ4n) is 2.49. The third-order valence-electron chi connectivity index (χ3n) is 3.97. The minimum absolute atomic E-state index is 0.0129. The number of carbonyl (C=O) groups is 2. The third kappa shape index (κ3) is 5.31. The van der Waals surface area contributed by atoms with Gasteiger partial charge in [-0.25, -0.2) is 0 Å². The predicted octanol–water partition coefficient (Wildman–Crippen LogP) is 4.99. The molecule has 2 rings (SSSR count). The van der Waals surface area contributed by atoms with E-state index in [1.54, 1.807) is 12.1 Å². The monoisotopic (exact) mass is 387 g/mol. The van der Waals surface area contributed by atoms with Crippen LogP contribution in [0.1, 0.15) is 53.7 Å². The van der Waals surface area contributed by atoms with Crippen molar-refractivity contribution in [2.75, 3.05) is 0 Å². The molecule has 0 aromatic heterocycles. The van der Waals surface area contributed by atoms with Crippen molar-refractivity contribution in [1.29, 1.82) is 0 Å². The molecule has 0 aliphatic rings. The van der Waals surface area contributed by atoms with E-state index in [0.717, 1.165) is 16.5 Å². The van der Waals surface area contributed by atoms with Crippen molar-refractivity contribution in [2.24, 2.45) is 0 Å². The van der Waals surface area contributed by atoms with Crippen LogP contribution in [0.5, 0.6) is 0 Å². The smallest absolute Gasteiger partial charge is 0.220 e. The topological polar surface area (TPSA) is 46.2 Å². The van der Waals surface area contributed by atoms with Crippen LogP contribution >= 0.6 is 15.9 Å². The largest absolute Gasteiger partial charge is 0.349 e. The Bertz CT molecular complexity index is 693. The second kappa shape index (κ2) is 8.78. The summed E-state index contributed by atoms with van der Waals surface area (Å²) in [6.07, 6.45) is 1.24. The van der Waals surface area contributed by atoms with E-state index >= 15 is 0 Å². The highest BCUT2D eigenvalue weighted by atomic mass is 79.9. The summed E-state index contributed by atoms with van der Waals surface area (Å²) in [5, 5.41) is 3.02. The van der Waals surface area contributed by atoms with Gasteiger partial charge in [0.2, 0.25) is 5.91 Å².